The van der Waals surface area contributed by atoms with E-state index in [4.69, 9.17) is 0 Å². The number of anilines is 2. The monoisotopic (exact) mass is 460 g/mol. The van der Waals surface area contributed by atoms with Crippen LogP contribution in [0.15, 0.2) is 42.5 Å². The minimum atomic E-state index is -3.94. The number of nitro groups is 1. The average Bonchev–Trinajstić information content (AvgIpc) is 3.26. The van der Waals surface area contributed by atoms with Crippen LogP contribution < -0.4 is 9.62 Å². The predicted molar refractivity (Wildman–Crippen MR) is 120 cm³/mol. The highest BCUT2D eigenvalue weighted by molar-refractivity contribution is 7.92. The third-order valence-corrected chi connectivity index (χ3v) is 6.31. The summed E-state index contributed by atoms with van der Waals surface area (Å²) in [5.41, 5.74) is 0.803. The largest absolute Gasteiger partial charge is 0.339 e. The number of carbonyl (C=O) groups excluding carboxylic acids is 2. The number of para-hydroxylation sites is 1. The Kier molecular flexibility index (Phi) is 6.78. The van der Waals surface area contributed by atoms with Crippen LogP contribution in [0.4, 0.5) is 17.1 Å². The van der Waals surface area contributed by atoms with Gasteiger partial charge in [0.25, 0.3) is 11.6 Å². The van der Waals surface area contributed by atoms with Crippen molar-refractivity contribution in [3.63, 3.8) is 0 Å². The molecule has 170 valence electrons. The number of aryl methyl sites for hydroxylation is 1. The Hall–Kier alpha value is -3.47. The SMILES string of the molecule is Cc1ccc([N+](=O)[O-])cc1N(CC(=O)Nc1ccccc1C(=O)N1CCCC1)S(C)(=O)=O. The number of likely N-dealkylation sites (tertiary alicyclic amines) is 1. The molecule has 2 aromatic rings. The van der Waals surface area contributed by atoms with E-state index < -0.39 is 27.4 Å². The van der Waals surface area contributed by atoms with E-state index in [0.717, 1.165) is 29.5 Å². The zero-order valence-corrected chi connectivity index (χ0v) is 18.6. The van der Waals surface area contributed by atoms with Gasteiger partial charge in [-0.3, -0.25) is 24.0 Å². The molecule has 11 heteroatoms. The molecule has 1 aliphatic heterocycles. The number of nitrogens with one attached hydrogen (secondary N) is 1. The minimum absolute atomic E-state index is 0.0401. The first-order valence-corrected chi connectivity index (χ1v) is 11.8. The second-order valence-electron chi connectivity index (χ2n) is 7.59. The molecule has 0 atom stereocenters. The number of benzene rings is 2. The molecule has 0 saturated carbocycles. The van der Waals surface area contributed by atoms with Crippen molar-refractivity contribution in [1.29, 1.82) is 0 Å². The third kappa shape index (κ3) is 5.22. The molecular weight excluding hydrogens is 436 g/mol. The van der Waals surface area contributed by atoms with Gasteiger partial charge in [-0.05, 0) is 37.5 Å². The number of nitro benzene ring substituents is 1. The standard InChI is InChI=1S/C21H24N4O6S/c1-15-9-10-16(25(28)29)13-19(15)24(32(2,30)31)14-20(26)22-18-8-4-3-7-17(18)21(27)23-11-5-6-12-23/h3-4,7-10,13H,5-6,11-12,14H2,1-2H3,(H,22,26). The van der Waals surface area contributed by atoms with Crippen LogP contribution in [0.1, 0.15) is 28.8 Å². The molecule has 0 bridgehead atoms. The Morgan fingerprint density at radius 1 is 1.16 bits per heavy atom. The van der Waals surface area contributed by atoms with Crippen LogP contribution >= 0.6 is 0 Å². The summed E-state index contributed by atoms with van der Waals surface area (Å²) in [6.45, 7) is 2.29. The van der Waals surface area contributed by atoms with Gasteiger partial charge in [0.1, 0.15) is 6.54 Å². The van der Waals surface area contributed by atoms with E-state index in [1.807, 2.05) is 0 Å². The number of amides is 2. The Bertz CT molecular complexity index is 1160. The van der Waals surface area contributed by atoms with Gasteiger partial charge in [0.15, 0.2) is 0 Å². The molecule has 0 aliphatic carbocycles. The Balaban J connectivity index is 1.86. The van der Waals surface area contributed by atoms with Gasteiger partial charge in [-0.25, -0.2) is 8.42 Å². The zero-order valence-electron chi connectivity index (χ0n) is 17.8. The fourth-order valence-electron chi connectivity index (χ4n) is 3.55. The lowest BCUT2D eigenvalue weighted by Gasteiger charge is -2.24. The Morgan fingerprint density at radius 3 is 2.44 bits per heavy atom. The summed E-state index contributed by atoms with van der Waals surface area (Å²) in [5, 5.41) is 13.8. The molecule has 1 saturated heterocycles. The van der Waals surface area contributed by atoms with Gasteiger partial charge in [0.2, 0.25) is 15.9 Å². The van der Waals surface area contributed by atoms with Gasteiger partial charge in [-0.1, -0.05) is 18.2 Å². The predicted octanol–water partition coefficient (Wildman–Crippen LogP) is 2.54. The van der Waals surface area contributed by atoms with Crippen molar-refractivity contribution in [3.05, 3.63) is 63.7 Å². The maximum atomic E-state index is 12.8. The molecule has 0 aromatic heterocycles. The smallest absolute Gasteiger partial charge is 0.271 e. The highest BCUT2D eigenvalue weighted by Crippen LogP contribution is 2.28. The first-order valence-electron chi connectivity index (χ1n) is 9.99. The molecule has 10 nitrogen and oxygen atoms in total. The molecular formula is C21H24N4O6S. The Labute approximate surface area is 186 Å². The summed E-state index contributed by atoms with van der Waals surface area (Å²) in [6, 6.07) is 10.3. The van der Waals surface area contributed by atoms with Crippen LogP contribution in [-0.4, -0.2) is 55.9 Å². The van der Waals surface area contributed by atoms with E-state index in [1.165, 1.54) is 12.1 Å². The second kappa shape index (κ2) is 9.35. The lowest BCUT2D eigenvalue weighted by molar-refractivity contribution is -0.384. The molecule has 2 amide bonds. The van der Waals surface area contributed by atoms with Crippen molar-refractivity contribution in [1.82, 2.24) is 4.90 Å². The highest BCUT2D eigenvalue weighted by Gasteiger charge is 2.26. The zero-order chi connectivity index (χ0) is 23.5. The van der Waals surface area contributed by atoms with Crippen molar-refractivity contribution in [2.45, 2.75) is 19.8 Å². The average molecular weight is 461 g/mol. The second-order valence-corrected chi connectivity index (χ2v) is 9.50. The normalized spacial score (nSPS) is 13.6. The summed E-state index contributed by atoms with van der Waals surface area (Å²) >= 11 is 0. The quantitative estimate of drug-likeness (QED) is 0.499. The van der Waals surface area contributed by atoms with E-state index in [1.54, 1.807) is 36.1 Å². The van der Waals surface area contributed by atoms with Gasteiger partial charge in [-0.15, -0.1) is 0 Å². The molecule has 2 aromatic carbocycles. The van der Waals surface area contributed by atoms with E-state index >= 15 is 0 Å². The number of sulfonamides is 1. The van der Waals surface area contributed by atoms with Crippen LogP contribution in [0.3, 0.4) is 0 Å². The number of hydrogen-bond acceptors (Lipinski definition) is 6. The number of rotatable bonds is 7. The number of hydrogen-bond donors (Lipinski definition) is 1. The van der Waals surface area contributed by atoms with Gasteiger partial charge >= 0.3 is 0 Å². The van der Waals surface area contributed by atoms with Crippen LogP contribution in [0.25, 0.3) is 0 Å². The molecule has 1 aliphatic rings. The molecule has 1 fully saturated rings. The van der Waals surface area contributed by atoms with E-state index in [0.29, 0.717) is 24.2 Å². The van der Waals surface area contributed by atoms with E-state index in [9.17, 15) is 28.1 Å². The first kappa shape index (κ1) is 23.2. The van der Waals surface area contributed by atoms with Crippen molar-refractivity contribution < 1.29 is 22.9 Å². The maximum Gasteiger partial charge on any atom is 0.271 e. The van der Waals surface area contributed by atoms with Crippen molar-refractivity contribution in [3.8, 4) is 0 Å². The van der Waals surface area contributed by atoms with Gasteiger partial charge in [0, 0.05) is 25.2 Å². The lowest BCUT2D eigenvalue weighted by atomic mass is 10.1. The fourth-order valence-corrected chi connectivity index (χ4v) is 4.46. The molecule has 1 heterocycles. The summed E-state index contributed by atoms with van der Waals surface area (Å²) in [4.78, 5) is 37.8. The van der Waals surface area contributed by atoms with Crippen molar-refractivity contribution in [2.24, 2.45) is 0 Å². The van der Waals surface area contributed by atoms with E-state index in [2.05, 4.69) is 5.32 Å². The lowest BCUT2D eigenvalue weighted by Crippen LogP contribution is -2.38. The molecule has 0 unspecified atom stereocenters. The number of non-ortho nitro benzene ring substituents is 1. The first-order chi connectivity index (χ1) is 15.1. The highest BCUT2D eigenvalue weighted by atomic mass is 32.2. The molecule has 32 heavy (non-hydrogen) atoms. The Morgan fingerprint density at radius 2 is 1.81 bits per heavy atom. The third-order valence-electron chi connectivity index (χ3n) is 5.18. The molecule has 3 rings (SSSR count). The van der Waals surface area contributed by atoms with Crippen LogP contribution in [0.2, 0.25) is 0 Å². The number of nitrogens with zero attached hydrogens (tertiary/aromatic N) is 3. The molecule has 0 spiro atoms. The summed E-state index contributed by atoms with van der Waals surface area (Å²) < 4.78 is 25.7. The van der Waals surface area contributed by atoms with Crippen LogP contribution in [0.5, 0.6) is 0 Å². The fraction of sp³-hybridized carbons (Fsp3) is 0.333. The van der Waals surface area contributed by atoms with E-state index in [-0.39, 0.29) is 23.0 Å². The molecule has 0 radical (unpaired) electrons. The summed E-state index contributed by atoms with van der Waals surface area (Å²) in [7, 11) is -3.94. The van der Waals surface area contributed by atoms with Gasteiger partial charge in [0.05, 0.1) is 28.1 Å². The number of carbonyl (C=O) groups is 2. The van der Waals surface area contributed by atoms with Crippen LogP contribution in [0, 0.1) is 17.0 Å². The van der Waals surface area contributed by atoms with Gasteiger partial charge in [-0.2, -0.15) is 0 Å². The summed E-state index contributed by atoms with van der Waals surface area (Å²) in [6.07, 6.45) is 2.77. The topological polar surface area (TPSA) is 130 Å². The minimum Gasteiger partial charge on any atom is -0.339 e. The van der Waals surface area contributed by atoms with Crippen molar-refractivity contribution >= 4 is 38.9 Å². The summed E-state index contributed by atoms with van der Waals surface area (Å²) in [5.74, 6) is -0.879. The van der Waals surface area contributed by atoms with Crippen molar-refractivity contribution in [2.75, 3.05) is 35.5 Å². The van der Waals surface area contributed by atoms with Crippen LogP contribution in [-0.2, 0) is 14.8 Å². The van der Waals surface area contributed by atoms with Gasteiger partial charge < -0.3 is 10.2 Å². The molecule has 1 N–H and O–H groups in total. The maximum absolute atomic E-state index is 12.8.